The van der Waals surface area contributed by atoms with E-state index >= 15 is 0 Å². The molecule has 0 spiro atoms. The number of nitrogens with zero attached hydrogens (tertiary/aromatic N) is 2. The van der Waals surface area contributed by atoms with E-state index in [2.05, 4.69) is 0 Å². The fourth-order valence-electron chi connectivity index (χ4n) is 3.21. The first-order chi connectivity index (χ1) is 11.6. The van der Waals surface area contributed by atoms with Crippen LogP contribution in [0.4, 0.5) is 5.69 Å². The molecule has 0 aliphatic heterocycles. The quantitative estimate of drug-likeness (QED) is 0.838. The standard InChI is InChI=1S/C17H25ClN2O4S/c1-12-13(18)7-6-9-14(12)20(25(3,23)24)11-17(22)19(2)15-8-4-5-10-16(15)21/h6-7,9,15-16,21H,4-5,8,10-11H2,1-3H3. The maximum atomic E-state index is 12.7. The molecule has 0 heterocycles. The van der Waals surface area contributed by atoms with Gasteiger partial charge in [0.05, 0.1) is 24.1 Å². The number of sulfonamides is 1. The summed E-state index contributed by atoms with van der Waals surface area (Å²) in [5.41, 5.74) is 0.990. The van der Waals surface area contributed by atoms with Gasteiger partial charge in [-0.1, -0.05) is 30.5 Å². The van der Waals surface area contributed by atoms with E-state index in [4.69, 9.17) is 11.6 Å². The van der Waals surface area contributed by atoms with Gasteiger partial charge in [0.1, 0.15) is 6.54 Å². The Kier molecular flexibility index (Phi) is 6.35. The Morgan fingerprint density at radius 3 is 2.56 bits per heavy atom. The van der Waals surface area contributed by atoms with Crippen LogP contribution in [0.5, 0.6) is 0 Å². The van der Waals surface area contributed by atoms with E-state index < -0.39 is 16.1 Å². The Morgan fingerprint density at radius 1 is 1.32 bits per heavy atom. The highest BCUT2D eigenvalue weighted by atomic mass is 35.5. The summed E-state index contributed by atoms with van der Waals surface area (Å²) < 4.78 is 25.6. The Morgan fingerprint density at radius 2 is 1.96 bits per heavy atom. The minimum Gasteiger partial charge on any atom is -0.391 e. The van der Waals surface area contributed by atoms with Crippen LogP contribution >= 0.6 is 11.6 Å². The second-order valence-corrected chi connectivity index (χ2v) is 8.89. The third kappa shape index (κ3) is 4.65. The summed E-state index contributed by atoms with van der Waals surface area (Å²) in [6.07, 6.45) is 3.77. The number of carbonyl (C=O) groups excluding carboxylic acids is 1. The molecule has 6 nitrogen and oxygen atoms in total. The lowest BCUT2D eigenvalue weighted by atomic mass is 9.91. The maximum Gasteiger partial charge on any atom is 0.243 e. The molecule has 25 heavy (non-hydrogen) atoms. The summed E-state index contributed by atoms with van der Waals surface area (Å²) in [6, 6.07) is 4.68. The second kappa shape index (κ2) is 7.93. The molecule has 2 unspecified atom stereocenters. The number of aliphatic hydroxyl groups excluding tert-OH is 1. The zero-order valence-corrected chi connectivity index (χ0v) is 16.3. The molecule has 1 amide bonds. The van der Waals surface area contributed by atoms with E-state index in [1.165, 1.54) is 4.90 Å². The van der Waals surface area contributed by atoms with E-state index in [1.54, 1.807) is 32.2 Å². The van der Waals surface area contributed by atoms with E-state index in [0.717, 1.165) is 29.8 Å². The number of benzene rings is 1. The van der Waals surface area contributed by atoms with Gasteiger partial charge in [-0.25, -0.2) is 8.42 Å². The van der Waals surface area contributed by atoms with E-state index in [1.807, 2.05) is 0 Å². The van der Waals surface area contributed by atoms with Gasteiger partial charge in [0.25, 0.3) is 0 Å². The third-order valence-corrected chi connectivity index (χ3v) is 6.31. The van der Waals surface area contributed by atoms with Crippen LogP contribution in [0.3, 0.4) is 0 Å². The molecule has 140 valence electrons. The number of hydrogen-bond donors (Lipinski definition) is 1. The lowest BCUT2D eigenvalue weighted by molar-refractivity contribution is -0.133. The Labute approximate surface area is 154 Å². The number of amides is 1. The summed E-state index contributed by atoms with van der Waals surface area (Å²) in [5.74, 6) is -0.351. The van der Waals surface area contributed by atoms with Crippen LogP contribution in [0.25, 0.3) is 0 Å². The van der Waals surface area contributed by atoms with Gasteiger partial charge in [0.15, 0.2) is 0 Å². The highest BCUT2D eigenvalue weighted by molar-refractivity contribution is 7.92. The third-order valence-electron chi connectivity index (χ3n) is 4.77. The Hall–Kier alpha value is -1.31. The molecule has 2 atom stereocenters. The number of hydrogen-bond acceptors (Lipinski definition) is 4. The molecular weight excluding hydrogens is 364 g/mol. The smallest absolute Gasteiger partial charge is 0.243 e. The fraction of sp³-hybridized carbons (Fsp3) is 0.588. The molecule has 0 aromatic heterocycles. The molecule has 0 radical (unpaired) electrons. The van der Waals surface area contributed by atoms with Gasteiger partial charge in [-0.15, -0.1) is 0 Å². The molecule has 2 rings (SSSR count). The molecule has 1 N–H and O–H groups in total. The first-order valence-corrected chi connectivity index (χ1v) is 10.5. The molecule has 0 saturated heterocycles. The number of aliphatic hydroxyl groups is 1. The maximum absolute atomic E-state index is 12.7. The van der Waals surface area contributed by atoms with Crippen LogP contribution in [0.2, 0.25) is 5.02 Å². The molecule has 1 fully saturated rings. The van der Waals surface area contributed by atoms with Gasteiger partial charge in [0, 0.05) is 12.1 Å². The van der Waals surface area contributed by atoms with Crippen molar-refractivity contribution < 1.29 is 18.3 Å². The summed E-state index contributed by atoms with van der Waals surface area (Å²) in [5, 5.41) is 10.6. The molecule has 1 aromatic carbocycles. The zero-order valence-electron chi connectivity index (χ0n) is 14.8. The monoisotopic (exact) mass is 388 g/mol. The second-order valence-electron chi connectivity index (χ2n) is 6.58. The number of rotatable bonds is 5. The summed E-state index contributed by atoms with van der Waals surface area (Å²) in [6.45, 7) is 1.40. The molecule has 1 aliphatic carbocycles. The molecular formula is C17H25ClN2O4S. The van der Waals surface area contributed by atoms with Crippen molar-refractivity contribution in [1.82, 2.24) is 4.90 Å². The largest absolute Gasteiger partial charge is 0.391 e. The first-order valence-electron chi connectivity index (χ1n) is 8.29. The van der Waals surface area contributed by atoms with E-state index in [-0.39, 0.29) is 18.5 Å². The summed E-state index contributed by atoms with van der Waals surface area (Å²) in [7, 11) is -2.05. The highest BCUT2D eigenvalue weighted by Crippen LogP contribution is 2.29. The van der Waals surface area contributed by atoms with Gasteiger partial charge in [0.2, 0.25) is 15.9 Å². The average Bonchev–Trinajstić information content (AvgIpc) is 2.54. The van der Waals surface area contributed by atoms with E-state index in [0.29, 0.717) is 22.7 Å². The Bertz CT molecular complexity index is 738. The first kappa shape index (κ1) is 20.0. The van der Waals surface area contributed by atoms with Crippen LogP contribution in [0.1, 0.15) is 31.2 Å². The van der Waals surface area contributed by atoms with Crippen molar-refractivity contribution in [3.05, 3.63) is 28.8 Å². The van der Waals surface area contributed by atoms with Gasteiger partial charge < -0.3 is 10.0 Å². The fourth-order valence-corrected chi connectivity index (χ4v) is 4.28. The average molecular weight is 389 g/mol. The highest BCUT2D eigenvalue weighted by Gasteiger charge is 2.31. The van der Waals surface area contributed by atoms with Crippen molar-refractivity contribution in [3.8, 4) is 0 Å². The zero-order chi connectivity index (χ0) is 18.8. The van der Waals surface area contributed by atoms with Crippen molar-refractivity contribution in [3.63, 3.8) is 0 Å². The number of carbonyl (C=O) groups is 1. The molecule has 8 heteroatoms. The molecule has 0 bridgehead atoms. The number of halogens is 1. The minimum atomic E-state index is -3.67. The Balaban J connectivity index is 2.25. The molecule has 1 aliphatic rings. The SMILES string of the molecule is Cc1c(Cl)cccc1N(CC(=O)N(C)C1CCCCC1O)S(C)(=O)=O. The number of anilines is 1. The van der Waals surface area contributed by atoms with Crippen LogP contribution in [0, 0.1) is 6.92 Å². The van der Waals surface area contributed by atoms with Crippen LogP contribution in [-0.2, 0) is 14.8 Å². The van der Waals surface area contributed by atoms with Crippen LogP contribution < -0.4 is 4.31 Å². The normalized spacial score (nSPS) is 21.0. The predicted octanol–water partition coefficient (Wildman–Crippen LogP) is 2.18. The van der Waals surface area contributed by atoms with Crippen molar-refractivity contribution in [2.75, 3.05) is 24.2 Å². The number of likely N-dealkylation sites (N-methyl/N-ethyl adjacent to an activating group) is 1. The summed E-state index contributed by atoms with van der Waals surface area (Å²) >= 11 is 6.10. The van der Waals surface area contributed by atoms with Crippen molar-refractivity contribution in [2.45, 2.75) is 44.8 Å². The lowest BCUT2D eigenvalue weighted by Gasteiger charge is -2.36. The van der Waals surface area contributed by atoms with Gasteiger partial charge in [-0.2, -0.15) is 0 Å². The van der Waals surface area contributed by atoms with Crippen molar-refractivity contribution >= 4 is 33.2 Å². The lowest BCUT2D eigenvalue weighted by Crippen LogP contribution is -2.50. The van der Waals surface area contributed by atoms with Gasteiger partial charge >= 0.3 is 0 Å². The van der Waals surface area contributed by atoms with Gasteiger partial charge in [-0.05, 0) is 37.5 Å². The molecule has 1 aromatic rings. The van der Waals surface area contributed by atoms with E-state index in [9.17, 15) is 18.3 Å². The van der Waals surface area contributed by atoms with Gasteiger partial charge in [-0.3, -0.25) is 9.10 Å². The van der Waals surface area contributed by atoms with Crippen LogP contribution in [0.15, 0.2) is 18.2 Å². The van der Waals surface area contributed by atoms with Crippen molar-refractivity contribution in [1.29, 1.82) is 0 Å². The predicted molar refractivity (Wildman–Crippen MR) is 99.4 cm³/mol. The minimum absolute atomic E-state index is 0.275. The topological polar surface area (TPSA) is 77.9 Å². The van der Waals surface area contributed by atoms with Crippen LogP contribution in [-0.4, -0.2) is 56.3 Å². The molecule has 1 saturated carbocycles. The van der Waals surface area contributed by atoms with Crippen molar-refractivity contribution in [2.24, 2.45) is 0 Å². The summed E-state index contributed by atoms with van der Waals surface area (Å²) in [4.78, 5) is 14.2.